The van der Waals surface area contributed by atoms with Crippen LogP contribution < -0.4 is 15.0 Å². The number of nitrogens with one attached hydrogen (secondary N) is 1. The Balaban J connectivity index is 1.78. The molecule has 0 bridgehead atoms. The predicted octanol–water partition coefficient (Wildman–Crippen LogP) is 3.10. The molecule has 32 heavy (non-hydrogen) atoms. The number of aromatic nitrogens is 1. The van der Waals surface area contributed by atoms with Crippen LogP contribution in [0.3, 0.4) is 0 Å². The Morgan fingerprint density at radius 2 is 1.72 bits per heavy atom. The largest absolute Gasteiger partial charge is 0.303 e. The van der Waals surface area contributed by atoms with Gasteiger partial charge >= 0.3 is 0 Å². The fraction of sp³-hybridized carbons (Fsp3) is 0.476. The molecule has 0 unspecified atom stereocenters. The summed E-state index contributed by atoms with van der Waals surface area (Å²) in [6.45, 7) is 8.81. The van der Waals surface area contributed by atoms with Gasteiger partial charge in [-0.2, -0.15) is 0 Å². The van der Waals surface area contributed by atoms with E-state index in [9.17, 15) is 18.5 Å². The molecular weight excluding hydrogens is 446 g/mol. The van der Waals surface area contributed by atoms with Gasteiger partial charge in [-0.3, -0.25) is 14.4 Å². The standard InChI is InChI=1S/C21H29N5O4SSi/c1-32(2,3)21-20-16(15-19(22-21)23-24-12-4-5-13-24)7-6-14-25(20)31(29,30)18-10-8-17(9-11-18)26(27)28/h8-11,15H,4-7,12-14H2,1-3H3,(H,22,23). The lowest BCUT2D eigenvalue weighted by molar-refractivity contribution is -0.384. The number of aryl methyl sites for hydroxylation is 1. The molecular formula is C21H29N5O4SSi. The van der Waals surface area contributed by atoms with Crippen molar-refractivity contribution in [2.75, 3.05) is 29.4 Å². The second-order valence-electron chi connectivity index (χ2n) is 9.35. The summed E-state index contributed by atoms with van der Waals surface area (Å²) in [6.07, 6.45) is 3.80. The van der Waals surface area contributed by atoms with Crippen LogP contribution in [-0.4, -0.2) is 51.0 Å². The zero-order valence-electron chi connectivity index (χ0n) is 18.7. The molecule has 0 spiro atoms. The first-order valence-electron chi connectivity index (χ1n) is 10.9. The average Bonchev–Trinajstić information content (AvgIpc) is 3.25. The first kappa shape index (κ1) is 22.7. The van der Waals surface area contributed by atoms with Crippen LogP contribution >= 0.6 is 0 Å². The predicted molar refractivity (Wildman–Crippen MR) is 128 cm³/mol. The number of rotatable bonds is 6. The van der Waals surface area contributed by atoms with E-state index in [1.807, 2.05) is 6.07 Å². The first-order chi connectivity index (χ1) is 15.1. The molecule has 11 heteroatoms. The first-order valence-corrected chi connectivity index (χ1v) is 15.8. The summed E-state index contributed by atoms with van der Waals surface area (Å²) in [5.41, 5.74) is 4.96. The number of nitro benzene ring substituents is 1. The van der Waals surface area contributed by atoms with Crippen LogP contribution in [0.15, 0.2) is 35.2 Å². The highest BCUT2D eigenvalue weighted by Crippen LogP contribution is 2.34. The molecule has 4 rings (SSSR count). The third-order valence-electron chi connectivity index (χ3n) is 5.85. The smallest absolute Gasteiger partial charge is 0.269 e. The molecule has 172 valence electrons. The third-order valence-corrected chi connectivity index (χ3v) is 9.44. The Hall–Kier alpha value is -2.50. The van der Waals surface area contributed by atoms with Gasteiger partial charge in [0.15, 0.2) is 0 Å². The number of non-ortho nitro benzene ring substituents is 1. The van der Waals surface area contributed by atoms with Crippen molar-refractivity contribution in [1.82, 2.24) is 9.99 Å². The molecule has 0 amide bonds. The number of nitrogens with zero attached hydrogens (tertiary/aromatic N) is 4. The molecule has 3 heterocycles. The minimum atomic E-state index is -3.87. The van der Waals surface area contributed by atoms with E-state index in [2.05, 4.69) is 30.1 Å². The fourth-order valence-electron chi connectivity index (χ4n) is 4.26. The highest BCUT2D eigenvalue weighted by molar-refractivity contribution is 7.92. The number of fused-ring (bicyclic) bond motifs is 1. The van der Waals surface area contributed by atoms with Gasteiger partial charge in [0.1, 0.15) is 13.9 Å². The number of hydrazine groups is 1. The van der Waals surface area contributed by atoms with Gasteiger partial charge in [0.05, 0.1) is 15.5 Å². The van der Waals surface area contributed by atoms with Crippen LogP contribution in [0.2, 0.25) is 19.6 Å². The van der Waals surface area contributed by atoms with E-state index in [0.717, 1.165) is 49.1 Å². The molecule has 1 aromatic heterocycles. The SMILES string of the molecule is C[Si](C)(C)c1nc(NN2CCCC2)cc2c1N(S(=O)(=O)c1ccc([N+](=O)[O-])cc1)CCC2. The minimum Gasteiger partial charge on any atom is -0.303 e. The summed E-state index contributed by atoms with van der Waals surface area (Å²) in [4.78, 5) is 15.4. The van der Waals surface area contributed by atoms with Crippen molar-refractivity contribution < 1.29 is 13.3 Å². The lowest BCUT2D eigenvalue weighted by atomic mass is 10.1. The minimum absolute atomic E-state index is 0.0525. The zero-order chi connectivity index (χ0) is 23.1. The average molecular weight is 476 g/mol. The van der Waals surface area contributed by atoms with Gasteiger partial charge in [0.2, 0.25) is 0 Å². The maximum absolute atomic E-state index is 13.6. The Morgan fingerprint density at radius 3 is 2.31 bits per heavy atom. The quantitative estimate of drug-likeness (QED) is 0.388. The molecule has 2 aromatic rings. The highest BCUT2D eigenvalue weighted by Gasteiger charge is 2.36. The molecule has 1 aromatic carbocycles. The molecule has 2 aliphatic rings. The van der Waals surface area contributed by atoms with Crippen LogP contribution in [0.4, 0.5) is 17.2 Å². The van der Waals surface area contributed by atoms with Gasteiger partial charge < -0.3 is 5.43 Å². The summed E-state index contributed by atoms with van der Waals surface area (Å²) in [5.74, 6) is 0.776. The van der Waals surface area contributed by atoms with E-state index < -0.39 is 23.0 Å². The number of nitro groups is 1. The van der Waals surface area contributed by atoms with Crippen LogP contribution in [0, 0.1) is 10.1 Å². The molecule has 0 radical (unpaired) electrons. The maximum atomic E-state index is 13.6. The molecule has 1 saturated heterocycles. The number of pyridine rings is 1. The van der Waals surface area contributed by atoms with E-state index >= 15 is 0 Å². The molecule has 2 aliphatic heterocycles. The molecule has 9 nitrogen and oxygen atoms in total. The van der Waals surface area contributed by atoms with E-state index in [4.69, 9.17) is 4.98 Å². The fourth-order valence-corrected chi connectivity index (χ4v) is 7.35. The number of hydrogen-bond acceptors (Lipinski definition) is 7. The van der Waals surface area contributed by atoms with E-state index in [-0.39, 0.29) is 10.6 Å². The lowest BCUT2D eigenvalue weighted by Gasteiger charge is -2.35. The molecule has 0 aliphatic carbocycles. The summed E-state index contributed by atoms with van der Waals surface area (Å²) in [5, 5.41) is 14.0. The van der Waals surface area contributed by atoms with Crippen LogP contribution in [-0.2, 0) is 16.4 Å². The Bertz CT molecular complexity index is 1130. The number of hydrogen-bond donors (Lipinski definition) is 1. The van der Waals surface area contributed by atoms with Gasteiger partial charge in [-0.05, 0) is 49.4 Å². The summed E-state index contributed by atoms with van der Waals surface area (Å²) in [7, 11) is -5.88. The number of sulfonamides is 1. The van der Waals surface area contributed by atoms with Gasteiger partial charge in [-0.15, -0.1) is 0 Å². The maximum Gasteiger partial charge on any atom is 0.269 e. The van der Waals surface area contributed by atoms with Gasteiger partial charge in [-0.25, -0.2) is 18.4 Å². The Morgan fingerprint density at radius 1 is 1.06 bits per heavy atom. The van der Waals surface area contributed by atoms with Crippen molar-refractivity contribution >= 4 is 40.6 Å². The topological polar surface area (TPSA) is 109 Å². The normalized spacial score (nSPS) is 17.3. The van der Waals surface area contributed by atoms with Gasteiger partial charge in [0, 0.05) is 37.1 Å². The van der Waals surface area contributed by atoms with Crippen LogP contribution in [0.5, 0.6) is 0 Å². The van der Waals surface area contributed by atoms with Crippen molar-refractivity contribution in [1.29, 1.82) is 0 Å². The molecule has 1 fully saturated rings. The van der Waals surface area contributed by atoms with E-state index in [1.54, 1.807) is 0 Å². The zero-order valence-corrected chi connectivity index (χ0v) is 20.5. The van der Waals surface area contributed by atoms with E-state index in [0.29, 0.717) is 18.7 Å². The molecule has 0 saturated carbocycles. The molecule has 0 atom stereocenters. The summed E-state index contributed by atoms with van der Waals surface area (Å²) < 4.78 is 28.7. The van der Waals surface area contributed by atoms with Crippen LogP contribution in [0.25, 0.3) is 0 Å². The van der Waals surface area contributed by atoms with Crippen LogP contribution in [0.1, 0.15) is 24.8 Å². The molecule has 1 N–H and O–H groups in total. The Labute approximate surface area is 189 Å². The van der Waals surface area contributed by atoms with E-state index in [1.165, 1.54) is 28.6 Å². The third kappa shape index (κ3) is 4.37. The van der Waals surface area contributed by atoms with Crippen molar-refractivity contribution in [3.05, 3.63) is 46.0 Å². The number of anilines is 2. The summed E-state index contributed by atoms with van der Waals surface area (Å²) in [6, 6.07) is 7.07. The van der Waals surface area contributed by atoms with Crippen molar-refractivity contribution in [2.45, 2.75) is 50.2 Å². The van der Waals surface area contributed by atoms with Gasteiger partial charge in [-0.1, -0.05) is 19.6 Å². The Kier molecular flexibility index (Phi) is 5.99. The highest BCUT2D eigenvalue weighted by atomic mass is 32.2. The summed E-state index contributed by atoms with van der Waals surface area (Å²) >= 11 is 0. The van der Waals surface area contributed by atoms with Crippen molar-refractivity contribution in [3.63, 3.8) is 0 Å². The number of benzene rings is 1. The second-order valence-corrected chi connectivity index (χ2v) is 16.2. The monoisotopic (exact) mass is 475 g/mol. The van der Waals surface area contributed by atoms with Crippen molar-refractivity contribution in [2.24, 2.45) is 0 Å². The van der Waals surface area contributed by atoms with Gasteiger partial charge in [0.25, 0.3) is 15.7 Å². The lowest BCUT2D eigenvalue weighted by Crippen LogP contribution is -2.48. The second kappa shape index (κ2) is 8.45. The van der Waals surface area contributed by atoms with Crippen molar-refractivity contribution in [3.8, 4) is 0 Å².